The van der Waals surface area contributed by atoms with Crippen LogP contribution in [0, 0.1) is 0 Å². The van der Waals surface area contributed by atoms with Crippen molar-refractivity contribution in [2.75, 3.05) is 89.7 Å². The Balaban J connectivity index is 1.14. The first-order valence-electron chi connectivity index (χ1n) is 16.4. The quantitative estimate of drug-likeness (QED) is 0.200. The second-order valence-electron chi connectivity index (χ2n) is 11.7. The SMILES string of the molecule is O=C(Nc1ccc2c(C(F)(F)F)cc(=O)oc2c1)N1CCOCCOCCN(C(=O)Nc2ccc3c(C(F)(F)F)cc(=O)oc3c2)CCOCCOCC1. The molecule has 0 spiro atoms. The van der Waals surface area contributed by atoms with Gasteiger partial charge in [0, 0.05) is 72.6 Å². The first kappa shape index (κ1) is 40.0. The summed E-state index contributed by atoms with van der Waals surface area (Å²) in [5.74, 6) is 0. The molecule has 1 saturated heterocycles. The fraction of sp³-hybridized carbons (Fsp3) is 0.412. The van der Waals surface area contributed by atoms with Gasteiger partial charge in [-0.25, -0.2) is 19.2 Å². The van der Waals surface area contributed by atoms with Crippen molar-refractivity contribution in [1.82, 2.24) is 9.80 Å². The van der Waals surface area contributed by atoms with Crippen LogP contribution in [0.25, 0.3) is 21.9 Å². The van der Waals surface area contributed by atoms with Crippen LogP contribution in [-0.2, 0) is 31.3 Å². The lowest BCUT2D eigenvalue weighted by molar-refractivity contribution is -0.137. The molecular formula is C34H34F6N4O10. The van der Waals surface area contributed by atoms with Crippen LogP contribution in [0.5, 0.6) is 0 Å². The molecule has 0 unspecified atom stereocenters. The van der Waals surface area contributed by atoms with Crippen LogP contribution in [0.4, 0.5) is 47.3 Å². The molecule has 2 aromatic heterocycles. The average molecular weight is 773 g/mol. The van der Waals surface area contributed by atoms with Gasteiger partial charge in [0.25, 0.3) is 0 Å². The van der Waals surface area contributed by atoms with Crippen molar-refractivity contribution in [2.24, 2.45) is 0 Å². The lowest BCUT2D eigenvalue weighted by Crippen LogP contribution is -2.40. The van der Waals surface area contributed by atoms with Gasteiger partial charge in [0.05, 0.1) is 64.0 Å². The van der Waals surface area contributed by atoms with Crippen molar-refractivity contribution in [3.63, 3.8) is 0 Å². The van der Waals surface area contributed by atoms with Crippen LogP contribution in [0.15, 0.2) is 67.0 Å². The van der Waals surface area contributed by atoms with Gasteiger partial charge in [0.2, 0.25) is 0 Å². The zero-order valence-electron chi connectivity index (χ0n) is 28.3. The van der Waals surface area contributed by atoms with E-state index >= 15 is 0 Å². The number of rotatable bonds is 2. The number of fused-ring (bicyclic) bond motifs is 2. The Bertz CT molecular complexity index is 1890. The summed E-state index contributed by atoms with van der Waals surface area (Å²) >= 11 is 0. The van der Waals surface area contributed by atoms with E-state index in [1.807, 2.05) is 0 Å². The Kier molecular flexibility index (Phi) is 13.2. The molecule has 14 nitrogen and oxygen atoms in total. The number of nitrogens with zero attached hydrogens (tertiary/aromatic N) is 2. The minimum atomic E-state index is -4.79. The van der Waals surface area contributed by atoms with Gasteiger partial charge in [-0.1, -0.05) is 0 Å². The number of anilines is 2. The summed E-state index contributed by atoms with van der Waals surface area (Å²) in [7, 11) is 0. The van der Waals surface area contributed by atoms with E-state index in [1.54, 1.807) is 0 Å². The van der Waals surface area contributed by atoms with Gasteiger partial charge < -0.3 is 48.2 Å². The number of carbonyl (C=O) groups is 2. The van der Waals surface area contributed by atoms with Gasteiger partial charge >= 0.3 is 35.7 Å². The molecular weight excluding hydrogens is 738 g/mol. The van der Waals surface area contributed by atoms with Crippen LogP contribution < -0.4 is 21.9 Å². The van der Waals surface area contributed by atoms with E-state index in [0.717, 1.165) is 24.3 Å². The van der Waals surface area contributed by atoms with Gasteiger partial charge in [-0.2, -0.15) is 26.3 Å². The second kappa shape index (κ2) is 17.8. The topological polar surface area (TPSA) is 162 Å². The van der Waals surface area contributed by atoms with Crippen molar-refractivity contribution in [1.29, 1.82) is 0 Å². The van der Waals surface area contributed by atoms with Gasteiger partial charge in [-0.3, -0.25) is 0 Å². The number of ether oxygens (including phenoxy) is 4. The molecule has 5 rings (SSSR count). The van der Waals surface area contributed by atoms with E-state index in [0.29, 0.717) is 12.1 Å². The highest BCUT2D eigenvalue weighted by molar-refractivity contribution is 5.94. The van der Waals surface area contributed by atoms with E-state index in [2.05, 4.69) is 10.6 Å². The molecule has 0 radical (unpaired) electrons. The third-order valence-electron chi connectivity index (χ3n) is 7.94. The highest BCUT2D eigenvalue weighted by Crippen LogP contribution is 2.35. The number of halogens is 6. The molecule has 2 N–H and O–H groups in total. The number of alkyl halides is 6. The van der Waals surface area contributed by atoms with E-state index in [-0.39, 0.29) is 112 Å². The molecule has 20 heteroatoms. The van der Waals surface area contributed by atoms with Crippen LogP contribution >= 0.6 is 0 Å². The molecule has 0 aliphatic carbocycles. The summed E-state index contributed by atoms with van der Waals surface area (Å²) in [5, 5.41) is 4.48. The molecule has 4 aromatic rings. The summed E-state index contributed by atoms with van der Waals surface area (Å²) < 4.78 is 113. The maximum Gasteiger partial charge on any atom is 0.417 e. The number of nitrogens with one attached hydrogen (secondary N) is 2. The predicted molar refractivity (Wildman–Crippen MR) is 179 cm³/mol. The van der Waals surface area contributed by atoms with Crippen LogP contribution in [0.1, 0.15) is 11.1 Å². The molecule has 0 bridgehead atoms. The molecule has 2 aromatic carbocycles. The Hall–Kier alpha value is -5.18. The van der Waals surface area contributed by atoms with Gasteiger partial charge in [-0.15, -0.1) is 0 Å². The van der Waals surface area contributed by atoms with Crippen molar-refractivity contribution in [3.05, 3.63) is 80.5 Å². The predicted octanol–water partition coefficient (Wildman–Crippen LogP) is 5.39. The number of amides is 4. The maximum atomic E-state index is 13.4. The minimum absolute atomic E-state index is 0.0757. The summed E-state index contributed by atoms with van der Waals surface area (Å²) in [5.41, 5.74) is -5.22. The van der Waals surface area contributed by atoms with Gasteiger partial charge in [0.1, 0.15) is 11.2 Å². The number of hydrogen-bond acceptors (Lipinski definition) is 10. The lowest BCUT2D eigenvalue weighted by atomic mass is 10.1. The minimum Gasteiger partial charge on any atom is -0.423 e. The standard InChI is InChI=1S/C34H34F6N4O10/c35-33(36,37)25-19-29(45)53-27-17-21(1-3-23(25)27)41-31(47)43-5-9-49-13-15-51-11-7-44(8-12-52-16-14-50-10-6-43)32(48)42-22-2-4-24-26(34(38,39)40)20-30(46)54-28(24)18-22/h1-4,17-20H,5-16H2,(H,41,47)(H,42,48). The molecule has 3 heterocycles. The van der Waals surface area contributed by atoms with E-state index in [1.165, 1.54) is 21.9 Å². The van der Waals surface area contributed by atoms with E-state index in [4.69, 9.17) is 27.8 Å². The monoisotopic (exact) mass is 772 g/mol. The van der Waals surface area contributed by atoms with Crippen LogP contribution in [-0.4, -0.2) is 101 Å². The zero-order chi connectivity index (χ0) is 38.9. The molecule has 1 fully saturated rings. The summed E-state index contributed by atoms with van der Waals surface area (Å²) in [4.78, 5) is 52.5. The second-order valence-corrected chi connectivity index (χ2v) is 11.7. The average Bonchev–Trinajstić information content (AvgIpc) is 3.09. The number of benzene rings is 2. The molecule has 292 valence electrons. The zero-order valence-corrected chi connectivity index (χ0v) is 28.3. The smallest absolute Gasteiger partial charge is 0.417 e. The highest BCUT2D eigenvalue weighted by Gasteiger charge is 2.35. The maximum absolute atomic E-state index is 13.4. The van der Waals surface area contributed by atoms with Gasteiger partial charge in [0.15, 0.2) is 0 Å². The fourth-order valence-corrected chi connectivity index (χ4v) is 5.33. The lowest BCUT2D eigenvalue weighted by Gasteiger charge is -2.24. The third kappa shape index (κ3) is 10.9. The Labute approximate surface area is 301 Å². The summed E-state index contributed by atoms with van der Waals surface area (Å²) in [6.45, 7) is 1.16. The Morgan fingerprint density at radius 3 is 1.17 bits per heavy atom. The summed E-state index contributed by atoms with van der Waals surface area (Å²) in [6, 6.07) is 6.44. The number of hydrogen-bond donors (Lipinski definition) is 2. The Morgan fingerprint density at radius 2 is 0.852 bits per heavy atom. The summed E-state index contributed by atoms with van der Waals surface area (Å²) in [6.07, 6.45) is -9.58. The van der Waals surface area contributed by atoms with Crippen molar-refractivity contribution < 1.29 is 63.7 Å². The third-order valence-corrected chi connectivity index (χ3v) is 7.94. The first-order chi connectivity index (χ1) is 25.7. The molecule has 1 aliphatic rings. The number of urea groups is 2. The normalized spacial score (nSPS) is 16.5. The molecule has 54 heavy (non-hydrogen) atoms. The van der Waals surface area contributed by atoms with Crippen LogP contribution in [0.3, 0.4) is 0 Å². The van der Waals surface area contributed by atoms with Gasteiger partial charge in [-0.05, 0) is 24.3 Å². The Morgan fingerprint density at radius 1 is 0.519 bits per heavy atom. The van der Waals surface area contributed by atoms with E-state index < -0.39 is 46.8 Å². The fourth-order valence-electron chi connectivity index (χ4n) is 5.33. The van der Waals surface area contributed by atoms with Crippen LogP contribution in [0.2, 0.25) is 0 Å². The van der Waals surface area contributed by atoms with Crippen molar-refractivity contribution >= 4 is 45.4 Å². The molecule has 0 atom stereocenters. The first-order valence-corrected chi connectivity index (χ1v) is 16.4. The van der Waals surface area contributed by atoms with Crippen molar-refractivity contribution in [2.45, 2.75) is 12.4 Å². The molecule has 1 aliphatic heterocycles. The number of carbonyl (C=O) groups excluding carboxylic acids is 2. The molecule has 0 saturated carbocycles. The largest absolute Gasteiger partial charge is 0.423 e. The van der Waals surface area contributed by atoms with E-state index in [9.17, 15) is 45.5 Å². The van der Waals surface area contributed by atoms with Crippen molar-refractivity contribution in [3.8, 4) is 0 Å². The molecule has 4 amide bonds. The highest BCUT2D eigenvalue weighted by atomic mass is 19.4.